The molecule has 4 rings (SSSR count). The lowest BCUT2D eigenvalue weighted by molar-refractivity contribution is 0.0911. The summed E-state index contributed by atoms with van der Waals surface area (Å²) in [5, 5.41) is 3.05. The van der Waals surface area contributed by atoms with Gasteiger partial charge in [0.2, 0.25) is 0 Å². The number of ether oxygens (including phenoxy) is 1. The predicted octanol–water partition coefficient (Wildman–Crippen LogP) is 3.54. The maximum absolute atomic E-state index is 12.7. The number of nitrogens with zero attached hydrogens (tertiary/aromatic N) is 1. The summed E-state index contributed by atoms with van der Waals surface area (Å²) in [4.78, 5) is 17.8. The second kappa shape index (κ2) is 6.45. The molecule has 24 heavy (non-hydrogen) atoms. The third-order valence-electron chi connectivity index (χ3n) is 4.03. The van der Waals surface area contributed by atoms with Crippen molar-refractivity contribution in [3.63, 3.8) is 0 Å². The number of thiazole rings is 1. The van der Waals surface area contributed by atoms with Gasteiger partial charge in [0, 0.05) is 0 Å². The Balaban J connectivity index is 1.51. The van der Waals surface area contributed by atoms with Gasteiger partial charge in [0.05, 0.1) is 16.4 Å². The van der Waals surface area contributed by atoms with E-state index in [4.69, 9.17) is 4.74 Å². The molecule has 1 atom stereocenters. The molecule has 5 heteroatoms. The van der Waals surface area contributed by atoms with Crippen molar-refractivity contribution < 1.29 is 9.53 Å². The molecular weight excluding hydrogens is 320 g/mol. The topological polar surface area (TPSA) is 51.2 Å². The number of hydrogen-bond acceptors (Lipinski definition) is 4. The molecule has 2 heterocycles. The van der Waals surface area contributed by atoms with Gasteiger partial charge < -0.3 is 10.1 Å². The van der Waals surface area contributed by atoms with Crippen LogP contribution >= 0.6 is 11.3 Å². The number of nitrogens with one attached hydrogen (secondary N) is 1. The lowest BCUT2D eigenvalue weighted by Gasteiger charge is -2.25. The molecule has 1 N–H and O–H groups in total. The zero-order valence-corrected chi connectivity index (χ0v) is 13.8. The van der Waals surface area contributed by atoms with Crippen LogP contribution in [-0.4, -0.2) is 23.5 Å². The molecule has 1 aromatic heterocycles. The predicted molar refractivity (Wildman–Crippen MR) is 94.4 cm³/mol. The fourth-order valence-electron chi connectivity index (χ4n) is 2.88. The quantitative estimate of drug-likeness (QED) is 0.796. The van der Waals surface area contributed by atoms with E-state index in [1.807, 2.05) is 54.6 Å². The van der Waals surface area contributed by atoms with Crippen molar-refractivity contribution in [2.24, 2.45) is 0 Å². The van der Waals surface area contributed by atoms with Crippen molar-refractivity contribution in [2.75, 3.05) is 6.61 Å². The van der Waals surface area contributed by atoms with Gasteiger partial charge in [-0.25, -0.2) is 4.98 Å². The van der Waals surface area contributed by atoms with Crippen LogP contribution in [0.2, 0.25) is 0 Å². The fraction of sp³-hybridized carbons (Fsp3) is 0.158. The van der Waals surface area contributed by atoms with Crippen LogP contribution in [0.4, 0.5) is 0 Å². The van der Waals surface area contributed by atoms with E-state index in [1.54, 1.807) is 5.51 Å². The molecule has 0 spiro atoms. The molecule has 1 unspecified atom stereocenters. The Morgan fingerprint density at radius 2 is 1.92 bits per heavy atom. The molecule has 3 aromatic rings. The first-order valence-corrected chi connectivity index (χ1v) is 8.69. The van der Waals surface area contributed by atoms with Gasteiger partial charge in [-0.3, -0.25) is 4.79 Å². The molecule has 120 valence electrons. The number of rotatable bonds is 3. The molecule has 0 aliphatic carbocycles. The van der Waals surface area contributed by atoms with E-state index < -0.39 is 0 Å². The minimum Gasteiger partial charge on any atom is -0.491 e. The Kier molecular flexibility index (Phi) is 4.01. The highest BCUT2D eigenvalue weighted by molar-refractivity contribution is 7.13. The van der Waals surface area contributed by atoms with Gasteiger partial charge in [-0.15, -0.1) is 11.3 Å². The highest BCUT2D eigenvalue weighted by Gasteiger charge is 2.24. The van der Waals surface area contributed by atoms with Crippen molar-refractivity contribution in [1.29, 1.82) is 0 Å². The Bertz CT molecular complexity index is 861. The summed E-state index contributed by atoms with van der Waals surface area (Å²) in [5.41, 5.74) is 4.32. The zero-order chi connectivity index (χ0) is 16.4. The van der Waals surface area contributed by atoms with Gasteiger partial charge in [0.25, 0.3) is 5.91 Å². The van der Waals surface area contributed by atoms with Crippen molar-refractivity contribution in [2.45, 2.75) is 12.5 Å². The van der Waals surface area contributed by atoms with E-state index >= 15 is 0 Å². The number of carbonyl (C=O) groups excluding carboxylic acids is 1. The van der Waals surface area contributed by atoms with Crippen molar-refractivity contribution >= 4 is 17.2 Å². The molecule has 4 nitrogen and oxygen atoms in total. The van der Waals surface area contributed by atoms with Crippen LogP contribution in [0.5, 0.6) is 5.75 Å². The molecule has 0 bridgehead atoms. The molecular formula is C19H16N2O2S. The van der Waals surface area contributed by atoms with Crippen LogP contribution in [0, 0.1) is 0 Å². The summed E-state index contributed by atoms with van der Waals surface area (Å²) in [5.74, 6) is 0.754. The monoisotopic (exact) mass is 336 g/mol. The molecule has 1 aliphatic heterocycles. The van der Waals surface area contributed by atoms with Gasteiger partial charge in [0.15, 0.2) is 0 Å². The summed E-state index contributed by atoms with van der Waals surface area (Å²) in [7, 11) is 0. The highest BCUT2D eigenvalue weighted by atomic mass is 32.1. The summed E-state index contributed by atoms with van der Waals surface area (Å²) in [6.45, 7) is 0.480. The van der Waals surface area contributed by atoms with Crippen LogP contribution in [-0.2, 0) is 6.42 Å². The number of hydrogen-bond donors (Lipinski definition) is 1. The molecule has 0 saturated carbocycles. The first kappa shape index (κ1) is 14.9. The maximum atomic E-state index is 12.7. The normalized spacial score (nSPS) is 16.1. The number of para-hydroxylation sites is 1. The van der Waals surface area contributed by atoms with Crippen molar-refractivity contribution in [1.82, 2.24) is 10.3 Å². The standard InChI is InChI=1S/C19H16N2O2S/c22-19(17-18(24-12-20-17)13-6-2-1-3-7-13)21-15-10-14-8-4-5-9-16(14)23-11-15/h1-9,12,15H,10-11H2,(H,21,22). The summed E-state index contributed by atoms with van der Waals surface area (Å²) in [6.07, 6.45) is 0.771. The third kappa shape index (κ3) is 2.90. The zero-order valence-electron chi connectivity index (χ0n) is 12.9. The lowest BCUT2D eigenvalue weighted by atomic mass is 10.0. The Morgan fingerprint density at radius 1 is 1.12 bits per heavy atom. The van der Waals surface area contributed by atoms with Gasteiger partial charge in [-0.05, 0) is 23.6 Å². The molecule has 0 saturated heterocycles. The van der Waals surface area contributed by atoms with Gasteiger partial charge in [0.1, 0.15) is 18.1 Å². The van der Waals surface area contributed by atoms with Crippen LogP contribution in [0.25, 0.3) is 10.4 Å². The van der Waals surface area contributed by atoms with Crippen LogP contribution in [0.15, 0.2) is 60.1 Å². The van der Waals surface area contributed by atoms with E-state index in [0.717, 1.165) is 28.2 Å². The van der Waals surface area contributed by atoms with E-state index in [0.29, 0.717) is 12.3 Å². The Labute approximate surface area is 144 Å². The molecule has 0 fully saturated rings. The van der Waals surface area contributed by atoms with Crippen LogP contribution in [0.1, 0.15) is 16.1 Å². The minimum atomic E-state index is -0.150. The SMILES string of the molecule is O=C(NC1COc2ccccc2C1)c1ncsc1-c1ccccc1. The Hall–Kier alpha value is -2.66. The molecule has 1 aliphatic rings. The van der Waals surface area contributed by atoms with Gasteiger partial charge in [-0.1, -0.05) is 48.5 Å². The van der Waals surface area contributed by atoms with E-state index in [1.165, 1.54) is 11.3 Å². The number of carbonyl (C=O) groups is 1. The van der Waals surface area contributed by atoms with E-state index in [-0.39, 0.29) is 11.9 Å². The van der Waals surface area contributed by atoms with Gasteiger partial charge in [-0.2, -0.15) is 0 Å². The average molecular weight is 336 g/mol. The molecule has 2 aromatic carbocycles. The van der Waals surface area contributed by atoms with E-state index in [9.17, 15) is 4.79 Å². The molecule has 1 amide bonds. The number of amides is 1. The van der Waals surface area contributed by atoms with Crippen molar-refractivity contribution in [3.8, 4) is 16.2 Å². The fourth-order valence-corrected chi connectivity index (χ4v) is 3.67. The first-order valence-electron chi connectivity index (χ1n) is 7.82. The highest BCUT2D eigenvalue weighted by Crippen LogP contribution is 2.28. The summed E-state index contributed by atoms with van der Waals surface area (Å²) < 4.78 is 5.74. The van der Waals surface area contributed by atoms with Crippen molar-refractivity contribution in [3.05, 3.63) is 71.4 Å². The van der Waals surface area contributed by atoms with Crippen LogP contribution < -0.4 is 10.1 Å². The van der Waals surface area contributed by atoms with E-state index in [2.05, 4.69) is 10.3 Å². The second-order valence-electron chi connectivity index (χ2n) is 5.69. The second-order valence-corrected chi connectivity index (χ2v) is 6.54. The maximum Gasteiger partial charge on any atom is 0.271 e. The summed E-state index contributed by atoms with van der Waals surface area (Å²) >= 11 is 1.48. The summed E-state index contributed by atoms with van der Waals surface area (Å²) in [6, 6.07) is 17.8. The van der Waals surface area contributed by atoms with Crippen LogP contribution in [0.3, 0.4) is 0 Å². The Morgan fingerprint density at radius 3 is 2.79 bits per heavy atom. The first-order chi connectivity index (χ1) is 11.8. The number of benzene rings is 2. The number of fused-ring (bicyclic) bond motifs is 1. The average Bonchev–Trinajstić information content (AvgIpc) is 3.12. The largest absolute Gasteiger partial charge is 0.491 e. The van der Waals surface area contributed by atoms with Gasteiger partial charge >= 0.3 is 0 Å². The molecule has 0 radical (unpaired) electrons. The minimum absolute atomic E-state index is 0.0438. The smallest absolute Gasteiger partial charge is 0.271 e. The lowest BCUT2D eigenvalue weighted by Crippen LogP contribution is -2.42. The number of aromatic nitrogens is 1. The third-order valence-corrected chi connectivity index (χ3v) is 4.91.